The number of hydrogen-bond acceptors (Lipinski definition) is 3. The minimum absolute atomic E-state index is 0.0599. The second-order valence-corrected chi connectivity index (χ2v) is 5.47. The van der Waals surface area contributed by atoms with Gasteiger partial charge in [-0.05, 0) is 5.56 Å². The summed E-state index contributed by atoms with van der Waals surface area (Å²) in [6.45, 7) is 1.46. The first kappa shape index (κ1) is 10.6. The summed E-state index contributed by atoms with van der Waals surface area (Å²) in [6, 6.07) is 9.26. The molecule has 0 amide bonds. The zero-order chi connectivity index (χ0) is 10.7. The molecule has 5 heteroatoms. The van der Waals surface area contributed by atoms with Crippen molar-refractivity contribution in [2.45, 2.75) is 11.8 Å². The first-order valence-electron chi connectivity index (χ1n) is 4.90. The Morgan fingerprint density at radius 3 is 2.47 bits per heavy atom. The van der Waals surface area contributed by atoms with Gasteiger partial charge in [0.2, 0.25) is 10.0 Å². The molecule has 0 bridgehead atoms. The molecule has 0 saturated carbocycles. The molecular formula is C10H14N2O2S. The summed E-state index contributed by atoms with van der Waals surface area (Å²) in [7, 11) is -3.18. The molecule has 1 aromatic carbocycles. The van der Waals surface area contributed by atoms with Gasteiger partial charge in [0.1, 0.15) is 0 Å². The van der Waals surface area contributed by atoms with Crippen LogP contribution in [0.1, 0.15) is 5.56 Å². The van der Waals surface area contributed by atoms with Crippen LogP contribution in [0.15, 0.2) is 30.3 Å². The summed E-state index contributed by atoms with van der Waals surface area (Å²) in [6.07, 6.45) is 0. The highest BCUT2D eigenvalue weighted by atomic mass is 32.2. The van der Waals surface area contributed by atoms with Crippen LogP contribution in [-0.4, -0.2) is 27.5 Å². The van der Waals surface area contributed by atoms with E-state index in [0.29, 0.717) is 0 Å². The molecule has 1 heterocycles. The van der Waals surface area contributed by atoms with Gasteiger partial charge in [0, 0.05) is 19.1 Å². The molecule has 0 radical (unpaired) electrons. The Hall–Kier alpha value is -0.910. The molecule has 1 aliphatic heterocycles. The van der Waals surface area contributed by atoms with Gasteiger partial charge >= 0.3 is 0 Å². The molecule has 15 heavy (non-hydrogen) atoms. The molecule has 0 atom stereocenters. The summed E-state index contributed by atoms with van der Waals surface area (Å²) >= 11 is 0. The van der Waals surface area contributed by atoms with Crippen LogP contribution in [0.3, 0.4) is 0 Å². The number of hydrogen-bond donors (Lipinski definition) is 2. The molecule has 1 fully saturated rings. The van der Waals surface area contributed by atoms with E-state index >= 15 is 0 Å². The van der Waals surface area contributed by atoms with Crippen LogP contribution < -0.4 is 10.0 Å². The normalized spacial score (nSPS) is 17.3. The Balaban J connectivity index is 1.98. The summed E-state index contributed by atoms with van der Waals surface area (Å²) in [5, 5.41) is 3.02. The predicted molar refractivity (Wildman–Crippen MR) is 58.9 cm³/mol. The lowest BCUT2D eigenvalue weighted by Gasteiger charge is -2.27. The van der Waals surface area contributed by atoms with Crippen molar-refractivity contribution in [3.63, 3.8) is 0 Å². The van der Waals surface area contributed by atoms with Gasteiger partial charge in [-0.25, -0.2) is 13.1 Å². The minimum Gasteiger partial charge on any atom is -0.313 e. The summed E-state index contributed by atoms with van der Waals surface area (Å²) in [5.74, 6) is 0.0599. The van der Waals surface area contributed by atoms with Crippen molar-refractivity contribution in [2.24, 2.45) is 0 Å². The van der Waals surface area contributed by atoms with Gasteiger partial charge in [-0.2, -0.15) is 0 Å². The van der Waals surface area contributed by atoms with E-state index in [9.17, 15) is 8.42 Å². The third-order valence-electron chi connectivity index (χ3n) is 2.33. The Morgan fingerprint density at radius 1 is 1.27 bits per heavy atom. The fourth-order valence-corrected chi connectivity index (χ4v) is 2.85. The van der Waals surface area contributed by atoms with E-state index in [-0.39, 0.29) is 11.8 Å². The van der Waals surface area contributed by atoms with Gasteiger partial charge in [0.15, 0.2) is 0 Å². The molecule has 82 valence electrons. The Morgan fingerprint density at radius 2 is 1.93 bits per heavy atom. The van der Waals surface area contributed by atoms with Crippen LogP contribution in [0.2, 0.25) is 0 Å². The van der Waals surface area contributed by atoms with Crippen molar-refractivity contribution in [3.8, 4) is 0 Å². The highest BCUT2D eigenvalue weighted by molar-refractivity contribution is 7.88. The van der Waals surface area contributed by atoms with Crippen molar-refractivity contribution in [1.29, 1.82) is 0 Å². The van der Waals surface area contributed by atoms with Crippen molar-refractivity contribution in [1.82, 2.24) is 10.0 Å². The second kappa shape index (κ2) is 4.30. The van der Waals surface area contributed by atoms with Gasteiger partial charge in [-0.15, -0.1) is 0 Å². The highest BCUT2D eigenvalue weighted by Gasteiger charge is 2.22. The van der Waals surface area contributed by atoms with E-state index in [2.05, 4.69) is 10.0 Å². The van der Waals surface area contributed by atoms with Crippen LogP contribution in [0.5, 0.6) is 0 Å². The maximum Gasteiger partial charge on any atom is 0.216 e. The van der Waals surface area contributed by atoms with Crippen molar-refractivity contribution >= 4 is 10.0 Å². The molecule has 1 aliphatic rings. The topological polar surface area (TPSA) is 58.2 Å². The summed E-state index contributed by atoms with van der Waals surface area (Å²) in [4.78, 5) is 0. The third-order valence-corrected chi connectivity index (χ3v) is 3.73. The first-order valence-corrected chi connectivity index (χ1v) is 6.55. The number of nitrogens with one attached hydrogen (secondary N) is 2. The molecule has 0 aliphatic carbocycles. The van der Waals surface area contributed by atoms with E-state index < -0.39 is 10.0 Å². The Bertz CT molecular complexity index is 412. The van der Waals surface area contributed by atoms with Crippen LogP contribution in [0.25, 0.3) is 0 Å². The highest BCUT2D eigenvalue weighted by Crippen LogP contribution is 2.05. The molecule has 0 aromatic heterocycles. The lowest BCUT2D eigenvalue weighted by atomic mass is 10.2. The van der Waals surface area contributed by atoms with E-state index in [1.54, 1.807) is 0 Å². The SMILES string of the molecule is O=S(=O)(Cc1ccccc1)NC1CNC1. The molecule has 0 spiro atoms. The quantitative estimate of drug-likeness (QED) is 0.764. The maximum atomic E-state index is 11.7. The fourth-order valence-electron chi connectivity index (χ4n) is 1.46. The largest absolute Gasteiger partial charge is 0.313 e. The van der Waals surface area contributed by atoms with Crippen molar-refractivity contribution in [2.75, 3.05) is 13.1 Å². The summed E-state index contributed by atoms with van der Waals surface area (Å²) < 4.78 is 26.0. The van der Waals surface area contributed by atoms with Gasteiger partial charge in [-0.3, -0.25) is 0 Å². The molecule has 1 aromatic rings. The predicted octanol–water partition coefficient (Wildman–Crippen LogP) is 0.0778. The minimum atomic E-state index is -3.18. The standard InChI is InChI=1S/C10H14N2O2S/c13-15(14,12-10-6-11-7-10)8-9-4-2-1-3-5-9/h1-5,10-12H,6-8H2. The summed E-state index contributed by atoms with van der Waals surface area (Å²) in [5.41, 5.74) is 0.817. The molecule has 1 saturated heterocycles. The lowest BCUT2D eigenvalue weighted by molar-refractivity contribution is 0.410. The van der Waals surface area contributed by atoms with E-state index in [1.807, 2.05) is 30.3 Å². The van der Waals surface area contributed by atoms with E-state index in [0.717, 1.165) is 18.7 Å². The van der Waals surface area contributed by atoms with Crippen LogP contribution in [0, 0.1) is 0 Å². The number of sulfonamides is 1. The van der Waals surface area contributed by atoms with Crippen LogP contribution >= 0.6 is 0 Å². The number of rotatable bonds is 4. The Kier molecular flexibility index (Phi) is 3.04. The Labute approximate surface area is 89.7 Å². The zero-order valence-corrected chi connectivity index (χ0v) is 9.13. The number of benzene rings is 1. The van der Waals surface area contributed by atoms with Gasteiger partial charge in [0.25, 0.3) is 0 Å². The average Bonchev–Trinajstić information content (AvgIpc) is 2.13. The maximum absolute atomic E-state index is 11.7. The monoisotopic (exact) mass is 226 g/mol. The second-order valence-electron chi connectivity index (χ2n) is 3.72. The van der Waals surface area contributed by atoms with E-state index in [4.69, 9.17) is 0 Å². The van der Waals surface area contributed by atoms with Gasteiger partial charge in [-0.1, -0.05) is 30.3 Å². The first-order chi connectivity index (χ1) is 7.16. The average molecular weight is 226 g/mol. The smallest absolute Gasteiger partial charge is 0.216 e. The molecule has 4 nitrogen and oxygen atoms in total. The van der Waals surface area contributed by atoms with E-state index in [1.165, 1.54) is 0 Å². The van der Waals surface area contributed by atoms with Crippen molar-refractivity contribution < 1.29 is 8.42 Å². The zero-order valence-electron chi connectivity index (χ0n) is 8.31. The van der Waals surface area contributed by atoms with Crippen LogP contribution in [-0.2, 0) is 15.8 Å². The van der Waals surface area contributed by atoms with Crippen molar-refractivity contribution in [3.05, 3.63) is 35.9 Å². The molecule has 2 N–H and O–H groups in total. The molecular weight excluding hydrogens is 212 g/mol. The molecule has 0 unspecified atom stereocenters. The molecule has 2 rings (SSSR count). The lowest BCUT2D eigenvalue weighted by Crippen LogP contribution is -2.56. The van der Waals surface area contributed by atoms with Crippen LogP contribution in [0.4, 0.5) is 0 Å². The third kappa shape index (κ3) is 3.02. The van der Waals surface area contributed by atoms with Gasteiger partial charge in [0.05, 0.1) is 5.75 Å². The fraction of sp³-hybridized carbons (Fsp3) is 0.400. The van der Waals surface area contributed by atoms with Gasteiger partial charge < -0.3 is 5.32 Å².